The number of anilines is 3. The van der Waals surface area contributed by atoms with Crippen LogP contribution in [0, 0.1) is 6.92 Å². The summed E-state index contributed by atoms with van der Waals surface area (Å²) in [5.74, 6) is 0.286. The second-order valence-corrected chi connectivity index (χ2v) is 6.14. The Labute approximate surface area is 148 Å². The van der Waals surface area contributed by atoms with Gasteiger partial charge in [0.25, 0.3) is 11.5 Å². The number of fused-ring (bicyclic) bond motifs is 1. The van der Waals surface area contributed by atoms with Gasteiger partial charge in [-0.15, -0.1) is 0 Å². The summed E-state index contributed by atoms with van der Waals surface area (Å²) in [6, 6.07) is 5.63. The zero-order valence-electron chi connectivity index (χ0n) is 14.4. The van der Waals surface area contributed by atoms with Crippen LogP contribution in [0.15, 0.2) is 29.2 Å². The number of carbonyl (C=O) groups is 1. The SMILES string of the molecule is Cc1cc(Nc2nc3c(cnn3C)c(=O)[nH]2)ccc1N1CCOCC1=O. The van der Waals surface area contributed by atoms with Crippen LogP contribution in [-0.2, 0) is 16.6 Å². The number of amides is 1. The number of ether oxygens (including phenoxy) is 1. The number of rotatable bonds is 3. The molecule has 1 aromatic carbocycles. The van der Waals surface area contributed by atoms with Crippen LogP contribution in [0.1, 0.15) is 5.56 Å². The molecule has 26 heavy (non-hydrogen) atoms. The molecular weight excluding hydrogens is 336 g/mol. The molecule has 0 saturated carbocycles. The second kappa shape index (κ2) is 6.26. The van der Waals surface area contributed by atoms with Crippen molar-refractivity contribution in [2.24, 2.45) is 7.05 Å². The number of hydrogen-bond donors (Lipinski definition) is 2. The molecule has 9 nitrogen and oxygen atoms in total. The summed E-state index contributed by atoms with van der Waals surface area (Å²) >= 11 is 0. The van der Waals surface area contributed by atoms with Crippen molar-refractivity contribution >= 4 is 34.3 Å². The summed E-state index contributed by atoms with van der Waals surface area (Å²) < 4.78 is 6.72. The van der Waals surface area contributed by atoms with Crippen LogP contribution in [0.5, 0.6) is 0 Å². The maximum Gasteiger partial charge on any atom is 0.263 e. The fraction of sp³-hybridized carbons (Fsp3) is 0.294. The maximum atomic E-state index is 12.1. The summed E-state index contributed by atoms with van der Waals surface area (Å²) in [5, 5.41) is 7.59. The Balaban J connectivity index is 1.63. The molecule has 1 aliphatic rings. The molecule has 9 heteroatoms. The van der Waals surface area contributed by atoms with Crippen molar-refractivity contribution in [2.45, 2.75) is 6.92 Å². The van der Waals surface area contributed by atoms with E-state index in [2.05, 4.69) is 20.4 Å². The van der Waals surface area contributed by atoms with Gasteiger partial charge in [-0.25, -0.2) is 0 Å². The van der Waals surface area contributed by atoms with Gasteiger partial charge in [-0.2, -0.15) is 10.1 Å². The highest BCUT2D eigenvalue weighted by molar-refractivity contribution is 5.95. The summed E-state index contributed by atoms with van der Waals surface area (Å²) in [4.78, 5) is 33.0. The van der Waals surface area contributed by atoms with E-state index in [9.17, 15) is 9.59 Å². The first-order valence-corrected chi connectivity index (χ1v) is 8.21. The first kappa shape index (κ1) is 16.3. The van der Waals surface area contributed by atoms with Crippen molar-refractivity contribution in [1.82, 2.24) is 19.7 Å². The molecule has 0 unspecified atom stereocenters. The number of hydrogen-bond acceptors (Lipinski definition) is 6. The third kappa shape index (κ3) is 2.82. The van der Waals surface area contributed by atoms with E-state index in [1.807, 2.05) is 25.1 Å². The van der Waals surface area contributed by atoms with E-state index in [1.54, 1.807) is 16.6 Å². The zero-order valence-corrected chi connectivity index (χ0v) is 14.4. The van der Waals surface area contributed by atoms with E-state index in [-0.39, 0.29) is 18.1 Å². The lowest BCUT2D eigenvalue weighted by Crippen LogP contribution is -2.42. The highest BCUT2D eigenvalue weighted by Crippen LogP contribution is 2.26. The normalized spacial score (nSPS) is 14.8. The van der Waals surface area contributed by atoms with Gasteiger partial charge < -0.3 is 15.0 Å². The van der Waals surface area contributed by atoms with Crippen LogP contribution < -0.4 is 15.8 Å². The van der Waals surface area contributed by atoms with Gasteiger partial charge in [0.1, 0.15) is 12.0 Å². The minimum absolute atomic E-state index is 0.0484. The topological polar surface area (TPSA) is 105 Å². The molecular formula is C17H18N6O3. The molecule has 3 aromatic rings. The lowest BCUT2D eigenvalue weighted by Gasteiger charge is -2.28. The van der Waals surface area contributed by atoms with Crippen LogP contribution in [0.4, 0.5) is 17.3 Å². The molecule has 0 spiro atoms. The van der Waals surface area contributed by atoms with E-state index in [0.717, 1.165) is 16.9 Å². The average Bonchev–Trinajstić information content (AvgIpc) is 2.98. The fourth-order valence-corrected chi connectivity index (χ4v) is 3.04. The maximum absolute atomic E-state index is 12.1. The number of aromatic amines is 1. The van der Waals surface area contributed by atoms with Gasteiger partial charge in [0.05, 0.1) is 12.8 Å². The van der Waals surface area contributed by atoms with Crippen LogP contribution in [0.25, 0.3) is 11.0 Å². The molecule has 1 aliphatic heterocycles. The number of nitrogens with zero attached hydrogens (tertiary/aromatic N) is 4. The quantitative estimate of drug-likeness (QED) is 0.729. The standard InChI is InChI=1S/C17H18N6O3/c1-10-7-11(3-4-13(10)23-5-6-26-9-14(23)24)19-17-20-15-12(16(25)21-17)8-18-22(15)2/h3-4,7-8H,5-6,9H2,1-2H3,(H2,19,20,21,25). The summed E-state index contributed by atoms with van der Waals surface area (Å²) in [7, 11) is 1.73. The molecule has 0 radical (unpaired) electrons. The van der Waals surface area contributed by atoms with E-state index in [4.69, 9.17) is 4.74 Å². The van der Waals surface area contributed by atoms with Crippen molar-refractivity contribution in [3.8, 4) is 0 Å². The second-order valence-electron chi connectivity index (χ2n) is 6.14. The Kier molecular flexibility index (Phi) is 3.92. The number of benzene rings is 1. The van der Waals surface area contributed by atoms with Crippen LogP contribution in [-0.4, -0.2) is 45.4 Å². The van der Waals surface area contributed by atoms with Gasteiger partial charge >= 0.3 is 0 Å². The molecule has 0 bridgehead atoms. The van der Waals surface area contributed by atoms with Crippen LogP contribution in [0.2, 0.25) is 0 Å². The number of carbonyl (C=O) groups excluding carboxylic acids is 1. The highest BCUT2D eigenvalue weighted by Gasteiger charge is 2.21. The van der Waals surface area contributed by atoms with E-state index >= 15 is 0 Å². The zero-order chi connectivity index (χ0) is 18.3. The first-order chi connectivity index (χ1) is 12.5. The van der Waals surface area contributed by atoms with Crippen LogP contribution >= 0.6 is 0 Å². The predicted molar refractivity (Wildman–Crippen MR) is 96.8 cm³/mol. The predicted octanol–water partition coefficient (Wildman–Crippen LogP) is 1.07. The van der Waals surface area contributed by atoms with Gasteiger partial charge in [-0.1, -0.05) is 0 Å². The lowest BCUT2D eigenvalue weighted by molar-refractivity contribution is -0.125. The highest BCUT2D eigenvalue weighted by atomic mass is 16.5. The van der Waals surface area contributed by atoms with Crippen molar-refractivity contribution < 1.29 is 9.53 Å². The van der Waals surface area contributed by atoms with Gasteiger partial charge in [-0.3, -0.25) is 19.3 Å². The molecule has 1 amide bonds. The monoisotopic (exact) mass is 354 g/mol. The number of morpholine rings is 1. The lowest BCUT2D eigenvalue weighted by atomic mass is 10.1. The third-order valence-corrected chi connectivity index (χ3v) is 4.34. The minimum atomic E-state index is -0.252. The Morgan fingerprint density at radius 1 is 1.31 bits per heavy atom. The number of aromatic nitrogens is 4. The minimum Gasteiger partial charge on any atom is -0.370 e. The number of nitrogens with one attached hydrogen (secondary N) is 2. The molecule has 0 aliphatic carbocycles. The molecule has 2 N–H and O–H groups in total. The number of aryl methyl sites for hydroxylation is 2. The Morgan fingerprint density at radius 2 is 2.15 bits per heavy atom. The summed E-state index contributed by atoms with van der Waals surface area (Å²) in [5.41, 5.74) is 2.81. The molecule has 1 fully saturated rings. The van der Waals surface area contributed by atoms with Crippen molar-refractivity contribution in [2.75, 3.05) is 30.0 Å². The van der Waals surface area contributed by atoms with Crippen LogP contribution in [0.3, 0.4) is 0 Å². The van der Waals surface area contributed by atoms with Gasteiger partial charge in [0, 0.05) is 25.0 Å². The average molecular weight is 354 g/mol. The molecule has 2 aromatic heterocycles. The fourth-order valence-electron chi connectivity index (χ4n) is 3.04. The van der Waals surface area contributed by atoms with Gasteiger partial charge in [0.2, 0.25) is 5.95 Å². The van der Waals surface area contributed by atoms with Gasteiger partial charge in [0.15, 0.2) is 5.65 Å². The van der Waals surface area contributed by atoms with Crippen molar-refractivity contribution in [3.63, 3.8) is 0 Å². The Bertz CT molecular complexity index is 1050. The van der Waals surface area contributed by atoms with Gasteiger partial charge in [-0.05, 0) is 30.7 Å². The largest absolute Gasteiger partial charge is 0.370 e. The summed E-state index contributed by atoms with van der Waals surface area (Å²) in [6.07, 6.45) is 1.49. The van der Waals surface area contributed by atoms with E-state index in [0.29, 0.717) is 30.1 Å². The molecule has 4 rings (SSSR count). The smallest absolute Gasteiger partial charge is 0.263 e. The van der Waals surface area contributed by atoms with Crippen molar-refractivity contribution in [1.29, 1.82) is 0 Å². The molecule has 0 atom stereocenters. The van der Waals surface area contributed by atoms with E-state index in [1.165, 1.54) is 6.20 Å². The molecule has 3 heterocycles. The third-order valence-electron chi connectivity index (χ3n) is 4.34. The summed E-state index contributed by atoms with van der Waals surface area (Å²) in [6.45, 7) is 3.11. The molecule has 1 saturated heterocycles. The first-order valence-electron chi connectivity index (χ1n) is 8.21. The Hall–Kier alpha value is -3.20. The Morgan fingerprint density at radius 3 is 2.92 bits per heavy atom. The number of H-pyrrole nitrogens is 1. The molecule has 134 valence electrons. The van der Waals surface area contributed by atoms with E-state index < -0.39 is 0 Å². The van der Waals surface area contributed by atoms with Crippen molar-refractivity contribution in [3.05, 3.63) is 40.3 Å².